The highest BCUT2D eigenvalue weighted by Crippen LogP contribution is 2.23. The molecule has 80 heavy (non-hydrogen) atoms. The number of hydrogen-bond donors (Lipinski definition) is 0. The van der Waals surface area contributed by atoms with E-state index in [1.165, 1.54) is 141 Å². The van der Waals surface area contributed by atoms with Gasteiger partial charge in [-0.25, -0.2) is 0 Å². The Hall–Kier alpha value is -2.24. The fourth-order valence-electron chi connectivity index (χ4n) is 10.8. The highest BCUT2D eigenvalue weighted by atomic mass is 16.5. The van der Waals surface area contributed by atoms with Gasteiger partial charge in [0.1, 0.15) is 13.2 Å². The Morgan fingerprint density at radius 3 is 0.912 bits per heavy atom. The summed E-state index contributed by atoms with van der Waals surface area (Å²) in [5.41, 5.74) is 0. The molecule has 0 rings (SSSR count). The Morgan fingerprint density at radius 1 is 0.300 bits per heavy atom. The number of nitrogens with zero attached hydrogens (tertiary/aromatic N) is 3. The van der Waals surface area contributed by atoms with Crippen LogP contribution >= 0.6 is 0 Å². The molecule has 0 radical (unpaired) electrons. The molecule has 0 aromatic carbocycles. The molecule has 2 unspecified atom stereocenters. The van der Waals surface area contributed by atoms with E-state index in [9.17, 15) is 19.2 Å². The molecule has 0 bridgehead atoms. The van der Waals surface area contributed by atoms with Crippen molar-refractivity contribution in [1.82, 2.24) is 14.7 Å². The van der Waals surface area contributed by atoms with Crippen LogP contribution in [0.25, 0.3) is 0 Å². The molecule has 474 valence electrons. The van der Waals surface area contributed by atoms with Gasteiger partial charge >= 0.3 is 23.9 Å². The van der Waals surface area contributed by atoms with Crippen LogP contribution in [0.2, 0.25) is 0 Å². The first-order valence-electron chi connectivity index (χ1n) is 34.6. The van der Waals surface area contributed by atoms with Crippen molar-refractivity contribution < 1.29 is 38.1 Å². The lowest BCUT2D eigenvalue weighted by atomic mass is 9.94. The number of esters is 4. The summed E-state index contributed by atoms with van der Waals surface area (Å²) in [5.74, 6) is 1.03. The van der Waals surface area contributed by atoms with Crippen LogP contribution in [0.3, 0.4) is 0 Å². The van der Waals surface area contributed by atoms with Crippen molar-refractivity contribution in [3.8, 4) is 0 Å². The quantitative estimate of drug-likeness (QED) is 0.0329. The lowest BCUT2D eigenvalue weighted by Crippen LogP contribution is -2.35. The van der Waals surface area contributed by atoms with Crippen LogP contribution in [-0.4, -0.2) is 124 Å². The Labute approximate surface area is 496 Å². The Bertz CT molecular complexity index is 1280. The number of rotatable bonds is 62. The van der Waals surface area contributed by atoms with Gasteiger partial charge in [0.2, 0.25) is 0 Å². The van der Waals surface area contributed by atoms with E-state index in [4.69, 9.17) is 18.9 Å². The Balaban J connectivity index is 5.62. The topological polar surface area (TPSA) is 115 Å². The van der Waals surface area contributed by atoms with Gasteiger partial charge in [0.05, 0.1) is 37.9 Å². The van der Waals surface area contributed by atoms with Gasteiger partial charge in [-0.2, -0.15) is 0 Å². The van der Waals surface area contributed by atoms with Crippen LogP contribution in [0.5, 0.6) is 0 Å². The van der Waals surface area contributed by atoms with E-state index in [0.717, 1.165) is 141 Å². The van der Waals surface area contributed by atoms with Gasteiger partial charge in [-0.05, 0) is 96.4 Å². The van der Waals surface area contributed by atoms with Crippen molar-refractivity contribution in [3.63, 3.8) is 0 Å². The fraction of sp³-hybridized carbons (Fsp3) is 0.942. The third-order valence-corrected chi connectivity index (χ3v) is 16.3. The molecule has 0 aliphatic rings. The van der Waals surface area contributed by atoms with Gasteiger partial charge in [-0.3, -0.25) is 29.0 Å². The van der Waals surface area contributed by atoms with Gasteiger partial charge in [0.25, 0.3) is 0 Å². The zero-order valence-electron chi connectivity index (χ0n) is 54.7. The molecule has 0 N–H and O–H groups in total. The second-order valence-electron chi connectivity index (χ2n) is 25.1. The highest BCUT2D eigenvalue weighted by molar-refractivity contribution is 5.73. The monoisotopic (exact) mass is 1130 g/mol. The second-order valence-corrected chi connectivity index (χ2v) is 25.1. The van der Waals surface area contributed by atoms with E-state index < -0.39 is 0 Å². The van der Waals surface area contributed by atoms with E-state index in [-0.39, 0.29) is 35.7 Å². The largest absolute Gasteiger partial charge is 0.466 e. The molecule has 2 atom stereocenters. The van der Waals surface area contributed by atoms with Crippen molar-refractivity contribution in [2.75, 3.05) is 85.8 Å². The molecule has 11 nitrogen and oxygen atoms in total. The Kier molecular flexibility index (Phi) is 56.9. The predicted octanol–water partition coefficient (Wildman–Crippen LogP) is 17.9. The summed E-state index contributed by atoms with van der Waals surface area (Å²) >= 11 is 0. The number of ether oxygens (including phenoxy) is 4. The molecule has 0 saturated heterocycles. The third kappa shape index (κ3) is 52.6. The van der Waals surface area contributed by atoms with Gasteiger partial charge in [0, 0.05) is 26.2 Å². The minimum Gasteiger partial charge on any atom is -0.466 e. The predicted molar refractivity (Wildman–Crippen MR) is 338 cm³/mol. The van der Waals surface area contributed by atoms with Gasteiger partial charge < -0.3 is 23.8 Å². The summed E-state index contributed by atoms with van der Waals surface area (Å²) < 4.78 is 23.5. The number of carbonyl (C=O) groups is 4. The number of hydrogen-bond acceptors (Lipinski definition) is 11. The molecule has 0 saturated carbocycles. The summed E-state index contributed by atoms with van der Waals surface area (Å²) in [7, 11) is 2.16. The van der Waals surface area contributed by atoms with Gasteiger partial charge in [-0.15, -0.1) is 0 Å². The highest BCUT2D eigenvalue weighted by Gasteiger charge is 2.22. The normalized spacial score (nSPS) is 12.6. The standard InChI is InChI=1S/C69H135N3O8/c1-10-14-18-22-28-36-46-64(44-34-20-16-12-3)68(75)79-60-56-71(54-48-66(73)77-58-38-30-24-26-32-42-62(5)6)52-40-50-70(9)51-41-53-72(55-49-67(74)78-59-39-31-25-27-33-43-63(7)8)57-61-80-69(76)65(45-35-21-17-13-4)47-37-29-23-19-15-11-2/h62-65H,10-61H2,1-9H3. The number of unbranched alkanes of at least 4 members (excludes halogenated alkanes) is 24. The lowest BCUT2D eigenvalue weighted by molar-refractivity contribution is -0.150. The minimum absolute atomic E-state index is 0.0359. The molecule has 0 amide bonds. The zero-order chi connectivity index (χ0) is 58.9. The van der Waals surface area contributed by atoms with Gasteiger partial charge in [0.15, 0.2) is 0 Å². The summed E-state index contributed by atoms with van der Waals surface area (Å²) in [6, 6.07) is 0. The first-order valence-corrected chi connectivity index (χ1v) is 34.6. The van der Waals surface area contributed by atoms with Crippen LogP contribution in [0.15, 0.2) is 0 Å². The maximum atomic E-state index is 13.6. The van der Waals surface area contributed by atoms with Crippen molar-refractivity contribution in [2.24, 2.45) is 23.7 Å². The van der Waals surface area contributed by atoms with Crippen LogP contribution in [-0.2, 0) is 38.1 Å². The first-order chi connectivity index (χ1) is 38.9. The lowest BCUT2D eigenvalue weighted by Gasteiger charge is -2.26. The Morgan fingerprint density at radius 2 is 0.588 bits per heavy atom. The maximum Gasteiger partial charge on any atom is 0.308 e. The molecule has 11 heteroatoms. The third-order valence-electron chi connectivity index (χ3n) is 16.3. The zero-order valence-corrected chi connectivity index (χ0v) is 54.7. The van der Waals surface area contributed by atoms with Crippen LogP contribution < -0.4 is 0 Å². The molecular formula is C69H135N3O8. The summed E-state index contributed by atoms with van der Waals surface area (Å²) in [6.45, 7) is 25.4. The average Bonchev–Trinajstić information content (AvgIpc) is 3.43. The minimum atomic E-state index is -0.152. The fourth-order valence-corrected chi connectivity index (χ4v) is 10.8. The molecular weight excluding hydrogens is 999 g/mol. The van der Waals surface area contributed by atoms with E-state index in [1.54, 1.807) is 0 Å². The van der Waals surface area contributed by atoms with Crippen molar-refractivity contribution >= 4 is 23.9 Å². The summed E-state index contributed by atoms with van der Waals surface area (Å²) in [4.78, 5) is 60.0. The molecule has 0 aliphatic carbocycles. The van der Waals surface area contributed by atoms with Gasteiger partial charge in [-0.1, -0.05) is 248 Å². The maximum absolute atomic E-state index is 13.6. The average molecular weight is 1130 g/mol. The second kappa shape index (κ2) is 58.5. The summed E-state index contributed by atoms with van der Waals surface area (Å²) in [5, 5.41) is 0. The van der Waals surface area contributed by atoms with E-state index >= 15 is 0 Å². The molecule has 0 aromatic heterocycles. The van der Waals surface area contributed by atoms with E-state index in [0.29, 0.717) is 65.4 Å². The van der Waals surface area contributed by atoms with Crippen LogP contribution in [0.1, 0.15) is 312 Å². The molecule has 0 fully saturated rings. The van der Waals surface area contributed by atoms with E-state index in [1.807, 2.05) is 0 Å². The number of carbonyl (C=O) groups excluding carboxylic acids is 4. The van der Waals surface area contributed by atoms with Crippen molar-refractivity contribution in [3.05, 3.63) is 0 Å². The van der Waals surface area contributed by atoms with Crippen LogP contribution in [0, 0.1) is 23.7 Å². The van der Waals surface area contributed by atoms with Crippen molar-refractivity contribution in [1.29, 1.82) is 0 Å². The summed E-state index contributed by atoms with van der Waals surface area (Å²) in [6.07, 6.45) is 43.9. The first kappa shape index (κ1) is 77.8. The van der Waals surface area contributed by atoms with Crippen molar-refractivity contribution in [2.45, 2.75) is 312 Å². The van der Waals surface area contributed by atoms with E-state index in [2.05, 4.69) is 77.1 Å². The molecule has 0 heterocycles. The van der Waals surface area contributed by atoms with Crippen LogP contribution in [0.4, 0.5) is 0 Å². The molecule has 0 spiro atoms. The molecule has 0 aliphatic heterocycles. The smallest absolute Gasteiger partial charge is 0.308 e. The molecule has 0 aromatic rings. The SMILES string of the molecule is CCCCCCCCC(CCCCCC)C(=O)OCCN(CCCN(C)CCCN(CCOC(=O)C(CCCCCC)CCCCCCCC)CCC(=O)OCCCCCCCC(C)C)CCC(=O)OCCCCCCCC(C)C.